The monoisotopic (exact) mass is 397 g/mol. The van der Waals surface area contributed by atoms with Gasteiger partial charge in [0.25, 0.3) is 0 Å². The molecule has 0 bridgehead atoms. The fourth-order valence-electron chi connectivity index (χ4n) is 3.28. The Morgan fingerprint density at radius 1 is 1.26 bits per heavy atom. The fraction of sp³-hybridized carbons (Fsp3) is 0.600. The van der Waals surface area contributed by atoms with Crippen molar-refractivity contribution in [2.45, 2.75) is 58.0 Å². The Hall–Kier alpha value is -1.79. The number of carbonyl (C=O) groups excluding carboxylic acids is 2. The Kier molecular flexibility index (Phi) is 10.2. The number of carbonyl (C=O) groups is 2. The van der Waals surface area contributed by atoms with Crippen LogP contribution < -0.4 is 21.1 Å². The Bertz CT molecular complexity index is 595. The first kappa shape index (κ1) is 23.2. The predicted molar refractivity (Wildman–Crippen MR) is 109 cm³/mol. The number of ether oxygens (including phenoxy) is 1. The predicted octanol–water partition coefficient (Wildman–Crippen LogP) is 2.71. The van der Waals surface area contributed by atoms with Crippen LogP contribution in [0.4, 0.5) is 0 Å². The normalized spacial score (nSPS) is 19.7. The molecule has 0 aliphatic heterocycles. The van der Waals surface area contributed by atoms with Gasteiger partial charge in [0.1, 0.15) is 5.75 Å². The van der Waals surface area contributed by atoms with Crippen LogP contribution in [0.3, 0.4) is 0 Å². The first-order valence-corrected chi connectivity index (χ1v) is 9.55. The van der Waals surface area contributed by atoms with E-state index >= 15 is 0 Å². The second-order valence-electron chi connectivity index (χ2n) is 6.96. The third-order valence-corrected chi connectivity index (χ3v) is 4.79. The number of amides is 2. The molecule has 0 radical (unpaired) electrons. The van der Waals surface area contributed by atoms with Gasteiger partial charge < -0.3 is 21.1 Å². The highest BCUT2D eigenvalue weighted by molar-refractivity contribution is 5.85. The zero-order chi connectivity index (χ0) is 18.9. The minimum absolute atomic E-state index is 0. The zero-order valence-electron chi connectivity index (χ0n) is 16.2. The van der Waals surface area contributed by atoms with Crippen molar-refractivity contribution in [1.82, 2.24) is 10.6 Å². The van der Waals surface area contributed by atoms with E-state index < -0.39 is 0 Å². The number of nitrogens with two attached hydrogens (primary N) is 1. The molecular formula is C20H32ClN3O3. The van der Waals surface area contributed by atoms with E-state index in [2.05, 4.69) is 10.6 Å². The lowest BCUT2D eigenvalue weighted by Crippen LogP contribution is -2.32. The van der Waals surface area contributed by atoms with Gasteiger partial charge in [0, 0.05) is 24.9 Å². The Morgan fingerprint density at radius 2 is 1.96 bits per heavy atom. The third kappa shape index (κ3) is 7.77. The summed E-state index contributed by atoms with van der Waals surface area (Å²) < 4.78 is 5.42. The maximum absolute atomic E-state index is 12.1. The second-order valence-corrected chi connectivity index (χ2v) is 6.96. The van der Waals surface area contributed by atoms with E-state index in [0.29, 0.717) is 26.0 Å². The third-order valence-electron chi connectivity index (χ3n) is 4.79. The van der Waals surface area contributed by atoms with Crippen molar-refractivity contribution in [1.29, 1.82) is 0 Å². The first-order valence-electron chi connectivity index (χ1n) is 9.55. The lowest BCUT2D eigenvalue weighted by molar-refractivity contribution is -0.125. The summed E-state index contributed by atoms with van der Waals surface area (Å²) >= 11 is 0. The van der Waals surface area contributed by atoms with Crippen LogP contribution in [0.25, 0.3) is 0 Å². The average molecular weight is 398 g/mol. The summed E-state index contributed by atoms with van der Waals surface area (Å²) in [6.45, 7) is 5.06. The molecule has 152 valence electrons. The van der Waals surface area contributed by atoms with E-state index in [9.17, 15) is 9.59 Å². The summed E-state index contributed by atoms with van der Waals surface area (Å²) in [7, 11) is 0. The summed E-state index contributed by atoms with van der Waals surface area (Å²) in [5.41, 5.74) is 6.87. The highest BCUT2D eigenvalue weighted by atomic mass is 35.5. The van der Waals surface area contributed by atoms with E-state index in [1.54, 1.807) is 0 Å². The Balaban J connectivity index is 0.00000364. The van der Waals surface area contributed by atoms with E-state index in [1.807, 2.05) is 38.1 Å². The SMILES string of the molecule is CCOc1ccc(C(C)NC(=O)CCCNC(=O)C2CCC(N)C2)cc1.Cl. The quantitative estimate of drug-likeness (QED) is 0.558. The molecule has 3 atom stereocenters. The second kappa shape index (κ2) is 11.8. The van der Waals surface area contributed by atoms with Gasteiger partial charge >= 0.3 is 0 Å². The average Bonchev–Trinajstić information content (AvgIpc) is 3.06. The zero-order valence-corrected chi connectivity index (χ0v) is 17.0. The van der Waals surface area contributed by atoms with Gasteiger partial charge in [-0.3, -0.25) is 9.59 Å². The highest BCUT2D eigenvalue weighted by Gasteiger charge is 2.27. The lowest BCUT2D eigenvalue weighted by Gasteiger charge is -2.15. The van der Waals surface area contributed by atoms with E-state index in [0.717, 1.165) is 30.6 Å². The molecule has 1 aromatic carbocycles. The van der Waals surface area contributed by atoms with Crippen LogP contribution in [-0.2, 0) is 9.59 Å². The van der Waals surface area contributed by atoms with Crippen molar-refractivity contribution in [2.24, 2.45) is 11.7 Å². The van der Waals surface area contributed by atoms with Crippen molar-refractivity contribution in [3.05, 3.63) is 29.8 Å². The molecule has 0 spiro atoms. The molecule has 1 aromatic rings. The molecule has 0 saturated heterocycles. The lowest BCUT2D eigenvalue weighted by atomic mass is 10.1. The van der Waals surface area contributed by atoms with Gasteiger partial charge in [-0.05, 0) is 57.2 Å². The largest absolute Gasteiger partial charge is 0.494 e. The van der Waals surface area contributed by atoms with Crippen LogP contribution in [0.5, 0.6) is 5.75 Å². The van der Waals surface area contributed by atoms with Gasteiger partial charge in [0.2, 0.25) is 11.8 Å². The molecule has 27 heavy (non-hydrogen) atoms. The van der Waals surface area contributed by atoms with Crippen molar-refractivity contribution in [2.75, 3.05) is 13.2 Å². The van der Waals surface area contributed by atoms with Crippen LogP contribution >= 0.6 is 12.4 Å². The van der Waals surface area contributed by atoms with E-state index in [4.69, 9.17) is 10.5 Å². The molecule has 2 rings (SSSR count). The summed E-state index contributed by atoms with van der Waals surface area (Å²) in [5, 5.41) is 5.90. The number of hydrogen-bond donors (Lipinski definition) is 3. The maximum Gasteiger partial charge on any atom is 0.223 e. The molecule has 1 fully saturated rings. The molecule has 2 amide bonds. The molecule has 6 nitrogen and oxygen atoms in total. The molecule has 4 N–H and O–H groups in total. The fourth-order valence-corrected chi connectivity index (χ4v) is 3.28. The van der Waals surface area contributed by atoms with Crippen LogP contribution in [0.1, 0.15) is 57.6 Å². The van der Waals surface area contributed by atoms with Gasteiger partial charge in [0.15, 0.2) is 0 Å². The molecule has 0 aromatic heterocycles. The summed E-state index contributed by atoms with van der Waals surface area (Å²) in [4.78, 5) is 24.1. The first-order chi connectivity index (χ1) is 12.5. The number of nitrogens with one attached hydrogen (secondary N) is 2. The van der Waals surface area contributed by atoms with Gasteiger partial charge in [-0.1, -0.05) is 12.1 Å². The van der Waals surface area contributed by atoms with E-state index in [1.165, 1.54) is 0 Å². The molecule has 3 unspecified atom stereocenters. The van der Waals surface area contributed by atoms with Crippen molar-refractivity contribution >= 4 is 24.2 Å². The standard InChI is InChI=1S/C20H31N3O3.ClH/c1-3-26-18-10-7-15(8-11-18)14(2)23-19(24)5-4-12-22-20(25)16-6-9-17(21)13-16;/h7-8,10-11,14,16-17H,3-6,9,12-13,21H2,1-2H3,(H,22,25)(H,23,24);1H. The molecule has 0 heterocycles. The molecular weight excluding hydrogens is 366 g/mol. The molecule has 7 heteroatoms. The number of benzene rings is 1. The smallest absolute Gasteiger partial charge is 0.223 e. The number of hydrogen-bond acceptors (Lipinski definition) is 4. The summed E-state index contributed by atoms with van der Waals surface area (Å²) in [6.07, 6.45) is 3.58. The van der Waals surface area contributed by atoms with Crippen LogP contribution in [0, 0.1) is 5.92 Å². The molecule has 1 saturated carbocycles. The van der Waals surface area contributed by atoms with Crippen molar-refractivity contribution in [3.63, 3.8) is 0 Å². The van der Waals surface area contributed by atoms with Crippen molar-refractivity contribution < 1.29 is 14.3 Å². The highest BCUT2D eigenvalue weighted by Crippen LogP contribution is 2.24. The summed E-state index contributed by atoms with van der Waals surface area (Å²) in [6, 6.07) is 7.83. The minimum atomic E-state index is -0.0623. The topological polar surface area (TPSA) is 93.5 Å². The van der Waals surface area contributed by atoms with Crippen LogP contribution in [0.2, 0.25) is 0 Å². The van der Waals surface area contributed by atoms with E-state index in [-0.39, 0.29) is 42.2 Å². The number of halogens is 1. The molecule has 1 aliphatic carbocycles. The Morgan fingerprint density at radius 3 is 2.56 bits per heavy atom. The van der Waals surface area contributed by atoms with Gasteiger partial charge in [-0.15, -0.1) is 12.4 Å². The van der Waals surface area contributed by atoms with Gasteiger partial charge in [-0.25, -0.2) is 0 Å². The maximum atomic E-state index is 12.1. The Labute approximate surface area is 168 Å². The van der Waals surface area contributed by atoms with Crippen molar-refractivity contribution in [3.8, 4) is 5.75 Å². The minimum Gasteiger partial charge on any atom is -0.494 e. The van der Waals surface area contributed by atoms with Gasteiger partial charge in [-0.2, -0.15) is 0 Å². The number of rotatable bonds is 9. The van der Waals surface area contributed by atoms with Gasteiger partial charge in [0.05, 0.1) is 12.6 Å². The van der Waals surface area contributed by atoms with Crippen LogP contribution in [-0.4, -0.2) is 31.0 Å². The summed E-state index contributed by atoms with van der Waals surface area (Å²) in [5.74, 6) is 0.928. The van der Waals surface area contributed by atoms with Crippen LogP contribution in [0.15, 0.2) is 24.3 Å². The molecule has 1 aliphatic rings.